The van der Waals surface area contributed by atoms with Gasteiger partial charge in [0.15, 0.2) is 5.69 Å². The molecule has 2 aliphatic rings. The van der Waals surface area contributed by atoms with Crippen LogP contribution in [0.5, 0.6) is 0 Å². The van der Waals surface area contributed by atoms with E-state index >= 15 is 0 Å². The first-order valence-electron chi connectivity index (χ1n) is 13.1. The van der Waals surface area contributed by atoms with E-state index in [0.717, 1.165) is 19.3 Å². The van der Waals surface area contributed by atoms with E-state index in [1.165, 1.54) is 17.5 Å². The van der Waals surface area contributed by atoms with Gasteiger partial charge in [-0.15, -0.1) is 11.3 Å². The smallest absolute Gasteiger partial charge is 0.420 e. The topological polar surface area (TPSA) is 82.8 Å². The third-order valence-corrected chi connectivity index (χ3v) is 7.94. The predicted molar refractivity (Wildman–Crippen MR) is 141 cm³/mol. The highest BCUT2D eigenvalue weighted by Gasteiger charge is 2.42. The maximum Gasteiger partial charge on any atom is 0.437 e. The minimum absolute atomic E-state index is 0.0252. The van der Waals surface area contributed by atoms with Crippen molar-refractivity contribution in [2.45, 2.75) is 38.8 Å². The Hall–Kier alpha value is -3.41. The fourth-order valence-corrected chi connectivity index (χ4v) is 5.76. The number of anilines is 2. The number of halogens is 3. The van der Waals surface area contributed by atoms with Crippen LogP contribution in [0.2, 0.25) is 0 Å². The number of carbonyl (C=O) groups excluding carboxylic acids is 2. The van der Waals surface area contributed by atoms with Crippen molar-refractivity contribution in [1.29, 1.82) is 0 Å². The van der Waals surface area contributed by atoms with Crippen molar-refractivity contribution in [3.8, 4) is 0 Å². The minimum atomic E-state index is -4.80. The molecule has 1 amide bonds. The summed E-state index contributed by atoms with van der Waals surface area (Å²) in [7, 11) is 0. The van der Waals surface area contributed by atoms with Gasteiger partial charge < -0.3 is 19.1 Å². The Morgan fingerprint density at radius 3 is 2.59 bits per heavy atom. The monoisotopic (exact) mass is 561 g/mol. The number of ketones is 1. The van der Waals surface area contributed by atoms with Gasteiger partial charge in [0.2, 0.25) is 11.5 Å². The molecule has 0 spiro atoms. The van der Waals surface area contributed by atoms with Crippen molar-refractivity contribution >= 4 is 34.9 Å². The molecular formula is C27H30F3N5O3S. The SMILES string of the molecule is CC1CCCN(c2nc(C(F)(F)F)c(C(=O)Cc3ccc(N4CCCN(C(=O)c5cccs5)CC4)nc3)o2)C1. The number of rotatable bonds is 6. The normalized spacial score (nSPS) is 18.8. The molecule has 5 heterocycles. The van der Waals surface area contributed by atoms with Gasteiger partial charge in [0, 0.05) is 51.9 Å². The Labute approximate surface area is 228 Å². The summed E-state index contributed by atoms with van der Waals surface area (Å²) < 4.78 is 46.6. The van der Waals surface area contributed by atoms with E-state index < -0.39 is 23.4 Å². The second-order valence-corrected chi connectivity index (χ2v) is 11.0. The fraction of sp³-hybridized carbons (Fsp3) is 0.481. The van der Waals surface area contributed by atoms with E-state index in [1.807, 2.05) is 29.3 Å². The number of Topliss-reactive ketones (excluding diaryl/α,β-unsaturated/α-hetero) is 1. The van der Waals surface area contributed by atoms with Gasteiger partial charge in [-0.25, -0.2) is 4.98 Å². The number of oxazole rings is 1. The molecule has 2 aliphatic heterocycles. The molecule has 208 valence electrons. The molecule has 0 saturated carbocycles. The Bertz CT molecular complexity index is 1290. The molecule has 1 unspecified atom stereocenters. The van der Waals surface area contributed by atoms with E-state index in [9.17, 15) is 22.8 Å². The summed E-state index contributed by atoms with van der Waals surface area (Å²) in [5, 5.41) is 1.88. The number of hydrogen-bond donors (Lipinski definition) is 0. The Morgan fingerprint density at radius 2 is 1.90 bits per heavy atom. The first kappa shape index (κ1) is 27.2. The number of nitrogens with zero attached hydrogens (tertiary/aromatic N) is 5. The van der Waals surface area contributed by atoms with Gasteiger partial charge >= 0.3 is 6.18 Å². The van der Waals surface area contributed by atoms with E-state index in [4.69, 9.17) is 4.42 Å². The first-order chi connectivity index (χ1) is 18.7. The predicted octanol–water partition coefficient (Wildman–Crippen LogP) is 5.16. The zero-order chi connectivity index (χ0) is 27.6. The van der Waals surface area contributed by atoms with Crippen LogP contribution < -0.4 is 9.80 Å². The van der Waals surface area contributed by atoms with Crippen LogP contribution in [0, 0.1) is 5.92 Å². The summed E-state index contributed by atoms with van der Waals surface area (Å²) in [6, 6.07) is 6.97. The Balaban J connectivity index is 1.25. The quantitative estimate of drug-likeness (QED) is 0.385. The lowest BCUT2D eigenvalue weighted by Gasteiger charge is -2.29. The number of carbonyl (C=O) groups is 2. The van der Waals surface area contributed by atoms with Crippen molar-refractivity contribution in [1.82, 2.24) is 14.9 Å². The van der Waals surface area contributed by atoms with E-state index in [0.29, 0.717) is 61.4 Å². The van der Waals surface area contributed by atoms with Crippen LogP contribution in [0.1, 0.15) is 57.7 Å². The molecular weight excluding hydrogens is 531 g/mol. The zero-order valence-corrected chi connectivity index (χ0v) is 22.4. The van der Waals surface area contributed by atoms with Crippen molar-refractivity contribution in [2.24, 2.45) is 5.92 Å². The number of pyridine rings is 1. The summed E-state index contributed by atoms with van der Waals surface area (Å²) in [4.78, 5) is 40.1. The highest BCUT2D eigenvalue weighted by Crippen LogP contribution is 2.35. The molecule has 0 N–H and O–H groups in total. The van der Waals surface area contributed by atoms with Crippen LogP contribution in [0.3, 0.4) is 0 Å². The Morgan fingerprint density at radius 1 is 1.08 bits per heavy atom. The van der Waals surface area contributed by atoms with Crippen LogP contribution in [-0.4, -0.2) is 65.8 Å². The molecule has 1 atom stereocenters. The maximum absolute atomic E-state index is 13.7. The second-order valence-electron chi connectivity index (χ2n) is 10.1. The maximum atomic E-state index is 13.7. The number of piperidine rings is 1. The largest absolute Gasteiger partial charge is 0.437 e. The van der Waals surface area contributed by atoms with Gasteiger partial charge in [0.1, 0.15) is 5.82 Å². The standard InChI is InChI=1S/C27H30F3N5O3S/c1-18-5-2-9-35(17-18)26-32-24(27(28,29)30)23(38-26)20(36)15-19-7-8-22(31-16-19)33-10-4-11-34(13-12-33)25(37)21-6-3-14-39-21/h3,6-8,14,16,18H,2,4-5,9-13,15,17H2,1H3. The molecule has 0 aliphatic carbocycles. The van der Waals surface area contributed by atoms with Gasteiger partial charge in [-0.05, 0) is 48.3 Å². The fourth-order valence-electron chi connectivity index (χ4n) is 5.07. The number of alkyl halides is 3. The van der Waals surface area contributed by atoms with Crippen LogP contribution in [0.25, 0.3) is 0 Å². The van der Waals surface area contributed by atoms with Gasteiger partial charge in [-0.2, -0.15) is 18.2 Å². The number of amides is 1. The molecule has 2 saturated heterocycles. The van der Waals surface area contributed by atoms with Gasteiger partial charge in [0.25, 0.3) is 11.9 Å². The average Bonchev–Trinajstić information content (AvgIpc) is 3.55. The molecule has 0 aromatic carbocycles. The van der Waals surface area contributed by atoms with Gasteiger partial charge in [-0.3, -0.25) is 9.59 Å². The van der Waals surface area contributed by atoms with Gasteiger partial charge in [0.05, 0.1) is 4.88 Å². The third kappa shape index (κ3) is 6.26. The lowest BCUT2D eigenvalue weighted by Crippen LogP contribution is -2.35. The van der Waals surface area contributed by atoms with E-state index in [1.54, 1.807) is 17.0 Å². The minimum Gasteiger partial charge on any atom is -0.420 e. The molecule has 3 aromatic heterocycles. The molecule has 0 bridgehead atoms. The summed E-state index contributed by atoms with van der Waals surface area (Å²) in [5.41, 5.74) is -0.803. The highest BCUT2D eigenvalue weighted by molar-refractivity contribution is 7.12. The molecule has 12 heteroatoms. The molecule has 39 heavy (non-hydrogen) atoms. The molecule has 0 radical (unpaired) electrons. The van der Waals surface area contributed by atoms with Crippen molar-refractivity contribution in [3.05, 3.63) is 57.7 Å². The van der Waals surface area contributed by atoms with Crippen LogP contribution >= 0.6 is 11.3 Å². The Kier molecular flexibility index (Phi) is 7.92. The lowest BCUT2D eigenvalue weighted by atomic mass is 10.0. The van der Waals surface area contributed by atoms with E-state index in [-0.39, 0.29) is 18.3 Å². The van der Waals surface area contributed by atoms with Crippen molar-refractivity contribution < 1.29 is 27.2 Å². The number of thiophene rings is 1. The second kappa shape index (κ2) is 11.4. The summed E-state index contributed by atoms with van der Waals surface area (Å²) in [6.45, 7) is 5.62. The number of hydrogen-bond acceptors (Lipinski definition) is 8. The molecule has 2 fully saturated rings. The van der Waals surface area contributed by atoms with Crippen LogP contribution in [0.15, 0.2) is 40.3 Å². The lowest BCUT2D eigenvalue weighted by molar-refractivity contribution is -0.141. The summed E-state index contributed by atoms with van der Waals surface area (Å²) >= 11 is 1.42. The average molecular weight is 562 g/mol. The van der Waals surface area contributed by atoms with Crippen molar-refractivity contribution in [2.75, 3.05) is 49.1 Å². The number of aromatic nitrogens is 2. The van der Waals surface area contributed by atoms with Gasteiger partial charge in [-0.1, -0.05) is 19.1 Å². The first-order valence-corrected chi connectivity index (χ1v) is 14.0. The molecule has 5 rings (SSSR count). The molecule has 8 nitrogen and oxygen atoms in total. The molecule has 3 aromatic rings. The van der Waals surface area contributed by atoms with Crippen LogP contribution in [-0.2, 0) is 12.6 Å². The van der Waals surface area contributed by atoms with E-state index in [2.05, 4.69) is 14.9 Å². The highest BCUT2D eigenvalue weighted by atomic mass is 32.1. The zero-order valence-electron chi connectivity index (χ0n) is 21.6. The summed E-state index contributed by atoms with van der Waals surface area (Å²) in [5.74, 6) is -0.537. The third-order valence-electron chi connectivity index (χ3n) is 7.08. The summed E-state index contributed by atoms with van der Waals surface area (Å²) in [6.07, 6.45) is -0.994. The van der Waals surface area contributed by atoms with Crippen molar-refractivity contribution in [3.63, 3.8) is 0 Å². The van der Waals surface area contributed by atoms with Crippen LogP contribution in [0.4, 0.5) is 25.0 Å².